The number of carboxylic acid groups (broad SMARTS) is 1. The van der Waals surface area contributed by atoms with Crippen LogP contribution in [0.1, 0.15) is 21.9 Å². The first-order valence-corrected chi connectivity index (χ1v) is 10.1. The minimum absolute atomic E-state index is 0.0268. The molecule has 0 spiro atoms. The lowest BCUT2D eigenvalue weighted by Crippen LogP contribution is -2.51. The molecule has 0 aromatic carbocycles. The van der Waals surface area contributed by atoms with Gasteiger partial charge in [0, 0.05) is 26.2 Å². The number of sulfonamides is 1. The molecule has 1 amide bonds. The third kappa shape index (κ3) is 3.45. The number of rotatable bonds is 5. The molecule has 24 heavy (non-hydrogen) atoms. The Kier molecular flexibility index (Phi) is 5.61. The van der Waals surface area contributed by atoms with Gasteiger partial charge in [0.25, 0.3) is 0 Å². The van der Waals surface area contributed by atoms with Crippen LogP contribution in [-0.2, 0) is 14.8 Å². The quantitative estimate of drug-likeness (QED) is 0.809. The number of nitrogens with zero attached hydrogens (tertiary/aromatic N) is 2. The molecule has 134 valence electrons. The van der Waals surface area contributed by atoms with Crippen LogP contribution in [0.3, 0.4) is 0 Å². The van der Waals surface area contributed by atoms with Gasteiger partial charge in [0.15, 0.2) is 0 Å². The summed E-state index contributed by atoms with van der Waals surface area (Å²) in [5, 5.41) is 9.30. The predicted octanol–water partition coefficient (Wildman–Crippen LogP) is 0.791. The summed E-state index contributed by atoms with van der Waals surface area (Å²) in [5.74, 6) is -0.883. The first kappa shape index (κ1) is 18.8. The van der Waals surface area contributed by atoms with Crippen LogP contribution in [-0.4, -0.2) is 72.8 Å². The molecule has 10 heteroatoms. The highest BCUT2D eigenvalue weighted by molar-refractivity contribution is 7.99. The molecular weight excluding hydrogens is 356 g/mol. The number of piperazine rings is 1. The van der Waals surface area contributed by atoms with E-state index >= 15 is 0 Å². The van der Waals surface area contributed by atoms with E-state index in [0.29, 0.717) is 5.75 Å². The highest BCUT2D eigenvalue weighted by Crippen LogP contribution is 2.29. The van der Waals surface area contributed by atoms with E-state index in [1.165, 1.54) is 29.9 Å². The molecule has 1 aliphatic rings. The van der Waals surface area contributed by atoms with Gasteiger partial charge in [0.2, 0.25) is 15.9 Å². The lowest BCUT2D eigenvalue weighted by Gasteiger charge is -2.33. The van der Waals surface area contributed by atoms with Gasteiger partial charge in [-0.1, -0.05) is 0 Å². The van der Waals surface area contributed by atoms with Crippen LogP contribution in [0.25, 0.3) is 0 Å². The fourth-order valence-electron chi connectivity index (χ4n) is 2.74. The summed E-state index contributed by atoms with van der Waals surface area (Å²) < 4.78 is 32.1. The molecule has 1 aromatic heterocycles. The Balaban J connectivity index is 2.25. The summed E-state index contributed by atoms with van der Waals surface area (Å²) in [7, 11) is -3.99. The lowest BCUT2D eigenvalue weighted by molar-refractivity contribution is -0.129. The number of carboxylic acids is 1. The molecule has 0 unspecified atom stereocenters. The van der Waals surface area contributed by atoms with Gasteiger partial charge in [-0.2, -0.15) is 16.1 Å². The Hall–Kier alpha value is -1.52. The summed E-state index contributed by atoms with van der Waals surface area (Å²) in [6, 6.07) is 0. The monoisotopic (exact) mass is 376 g/mol. The SMILES string of the molecule is CSCC(=O)N1CCN(S(=O)(=O)c2c(C)oc(C)c2C(=O)O)CC1. The van der Waals surface area contributed by atoms with Crippen LogP contribution < -0.4 is 0 Å². The van der Waals surface area contributed by atoms with E-state index in [0.717, 1.165) is 0 Å². The zero-order valence-corrected chi connectivity index (χ0v) is 15.4. The third-order valence-electron chi connectivity index (χ3n) is 3.88. The molecule has 8 nitrogen and oxygen atoms in total. The van der Waals surface area contributed by atoms with Crippen molar-refractivity contribution in [1.29, 1.82) is 0 Å². The summed E-state index contributed by atoms with van der Waals surface area (Å²) >= 11 is 1.42. The standard InChI is InChI=1S/C14H20N2O6S2/c1-9-12(14(18)19)13(10(2)22-9)24(20,21)16-6-4-15(5-7-16)11(17)8-23-3/h4-8H2,1-3H3,(H,18,19). The van der Waals surface area contributed by atoms with Gasteiger partial charge in [-0.25, -0.2) is 13.2 Å². The van der Waals surface area contributed by atoms with E-state index < -0.39 is 16.0 Å². The largest absolute Gasteiger partial charge is 0.478 e. The maximum Gasteiger partial charge on any atom is 0.340 e. The molecule has 1 N–H and O–H groups in total. The molecule has 1 aromatic rings. The molecule has 0 saturated carbocycles. The van der Waals surface area contributed by atoms with Crippen molar-refractivity contribution in [2.24, 2.45) is 0 Å². The van der Waals surface area contributed by atoms with Gasteiger partial charge < -0.3 is 14.4 Å². The van der Waals surface area contributed by atoms with Crippen LogP contribution in [0.5, 0.6) is 0 Å². The van der Waals surface area contributed by atoms with E-state index in [4.69, 9.17) is 4.42 Å². The number of thioether (sulfide) groups is 1. The van der Waals surface area contributed by atoms with Crippen LogP contribution in [0, 0.1) is 13.8 Å². The molecule has 1 fully saturated rings. The Labute approximate surface area is 144 Å². The van der Waals surface area contributed by atoms with Crippen LogP contribution >= 0.6 is 11.8 Å². The molecule has 1 saturated heterocycles. The molecule has 1 aliphatic heterocycles. The number of amides is 1. The topological polar surface area (TPSA) is 108 Å². The van der Waals surface area contributed by atoms with Gasteiger partial charge in [-0.05, 0) is 20.1 Å². The Bertz CT molecular complexity index is 748. The van der Waals surface area contributed by atoms with Crippen molar-refractivity contribution in [2.45, 2.75) is 18.7 Å². The van der Waals surface area contributed by atoms with Crippen molar-refractivity contribution >= 4 is 33.7 Å². The van der Waals surface area contributed by atoms with Crippen molar-refractivity contribution in [3.63, 3.8) is 0 Å². The number of carbonyl (C=O) groups excluding carboxylic acids is 1. The lowest BCUT2D eigenvalue weighted by atomic mass is 10.2. The van der Waals surface area contributed by atoms with Gasteiger partial charge in [-0.3, -0.25) is 4.79 Å². The highest BCUT2D eigenvalue weighted by Gasteiger charge is 2.37. The van der Waals surface area contributed by atoms with Gasteiger partial charge in [0.05, 0.1) is 5.75 Å². The van der Waals surface area contributed by atoms with Crippen molar-refractivity contribution in [1.82, 2.24) is 9.21 Å². The smallest absolute Gasteiger partial charge is 0.340 e. The minimum Gasteiger partial charge on any atom is -0.478 e. The fourth-order valence-corrected chi connectivity index (χ4v) is 4.97. The van der Waals surface area contributed by atoms with Crippen LogP contribution in [0.2, 0.25) is 0 Å². The van der Waals surface area contributed by atoms with E-state index in [1.807, 2.05) is 6.26 Å². The first-order chi connectivity index (χ1) is 11.2. The number of hydrogen-bond acceptors (Lipinski definition) is 6. The number of carbonyl (C=O) groups is 2. The number of aryl methyl sites for hydroxylation is 2. The Morgan fingerprint density at radius 2 is 1.75 bits per heavy atom. The number of aromatic carboxylic acids is 1. The second kappa shape index (κ2) is 7.16. The Morgan fingerprint density at radius 1 is 1.17 bits per heavy atom. The van der Waals surface area contributed by atoms with Gasteiger partial charge >= 0.3 is 5.97 Å². The first-order valence-electron chi connectivity index (χ1n) is 7.30. The second-order valence-corrected chi connectivity index (χ2v) is 8.18. The zero-order chi connectivity index (χ0) is 18.1. The summed E-state index contributed by atoms with van der Waals surface area (Å²) in [5.41, 5.74) is -0.326. The third-order valence-corrected chi connectivity index (χ3v) is 6.46. The molecule has 0 radical (unpaired) electrons. The maximum atomic E-state index is 12.8. The molecular formula is C14H20N2O6S2. The second-order valence-electron chi connectivity index (χ2n) is 5.44. The van der Waals surface area contributed by atoms with Crippen molar-refractivity contribution in [3.05, 3.63) is 17.1 Å². The average Bonchev–Trinajstić information content (AvgIpc) is 2.83. The van der Waals surface area contributed by atoms with Gasteiger partial charge in [0.1, 0.15) is 22.0 Å². The van der Waals surface area contributed by atoms with Crippen LogP contribution in [0.4, 0.5) is 0 Å². The molecule has 0 bridgehead atoms. The Morgan fingerprint density at radius 3 is 2.25 bits per heavy atom. The van der Waals surface area contributed by atoms with Crippen molar-refractivity contribution in [2.75, 3.05) is 38.2 Å². The van der Waals surface area contributed by atoms with E-state index in [2.05, 4.69) is 0 Å². The predicted molar refractivity (Wildman–Crippen MR) is 88.9 cm³/mol. The average molecular weight is 376 g/mol. The van der Waals surface area contributed by atoms with Crippen molar-refractivity contribution < 1.29 is 27.5 Å². The molecule has 2 rings (SSSR count). The van der Waals surface area contributed by atoms with E-state index in [-0.39, 0.29) is 54.1 Å². The normalized spacial score (nSPS) is 16.4. The summed E-state index contributed by atoms with van der Waals surface area (Å²) in [4.78, 5) is 24.6. The minimum atomic E-state index is -3.99. The molecule has 2 heterocycles. The molecule has 0 atom stereocenters. The van der Waals surface area contributed by atoms with Crippen molar-refractivity contribution in [3.8, 4) is 0 Å². The maximum absolute atomic E-state index is 12.8. The summed E-state index contributed by atoms with van der Waals surface area (Å²) in [6.45, 7) is 3.70. The summed E-state index contributed by atoms with van der Waals surface area (Å²) in [6.07, 6.45) is 1.83. The van der Waals surface area contributed by atoms with Gasteiger partial charge in [-0.15, -0.1) is 0 Å². The van der Waals surface area contributed by atoms with E-state index in [9.17, 15) is 23.1 Å². The van der Waals surface area contributed by atoms with Crippen LogP contribution in [0.15, 0.2) is 9.31 Å². The van der Waals surface area contributed by atoms with E-state index in [1.54, 1.807) is 4.90 Å². The fraction of sp³-hybridized carbons (Fsp3) is 0.571. The number of furan rings is 1. The zero-order valence-electron chi connectivity index (χ0n) is 13.7. The number of hydrogen-bond donors (Lipinski definition) is 1. The molecule has 0 aliphatic carbocycles. The highest BCUT2D eigenvalue weighted by atomic mass is 32.2.